The maximum Gasteiger partial charge on any atom is 0.242 e. The molecule has 0 aliphatic carbocycles. The van der Waals surface area contributed by atoms with Gasteiger partial charge in [0.15, 0.2) is 0 Å². The molecule has 0 bridgehead atoms. The molecule has 0 aromatic rings. The van der Waals surface area contributed by atoms with Gasteiger partial charge in [0.05, 0.1) is 0 Å². The molecule has 0 spiro atoms. The van der Waals surface area contributed by atoms with Crippen LogP contribution in [0.25, 0.3) is 0 Å². The minimum absolute atomic E-state index is 0.0446. The molecule has 0 unspecified atom stereocenters. The molecule has 0 saturated heterocycles. The smallest absolute Gasteiger partial charge is 0.242 e. The average molecular weight is 243 g/mol. The van der Waals surface area contributed by atoms with Crippen molar-refractivity contribution < 1.29 is 9.59 Å². The van der Waals surface area contributed by atoms with E-state index in [9.17, 15) is 9.59 Å². The van der Waals surface area contributed by atoms with Gasteiger partial charge in [0, 0.05) is 6.42 Å². The van der Waals surface area contributed by atoms with Gasteiger partial charge in [-0.2, -0.15) is 0 Å². The van der Waals surface area contributed by atoms with Crippen LogP contribution in [0.2, 0.25) is 0 Å². The first-order chi connectivity index (χ1) is 7.60. The van der Waals surface area contributed by atoms with Crippen LogP contribution in [0, 0.1) is 5.41 Å². The Labute approximate surface area is 103 Å². The Bertz CT molecular complexity index is 285. The van der Waals surface area contributed by atoms with Crippen molar-refractivity contribution in [2.45, 2.75) is 52.5 Å². The lowest BCUT2D eigenvalue weighted by atomic mass is 9.84. The molecule has 0 aromatic heterocycles. The largest absolute Gasteiger partial charge is 0.368 e. The summed E-state index contributed by atoms with van der Waals surface area (Å²) < 4.78 is 0. The molecule has 5 heteroatoms. The lowest BCUT2D eigenvalue weighted by Crippen LogP contribution is -2.53. The summed E-state index contributed by atoms with van der Waals surface area (Å²) in [5.41, 5.74) is 9.73. The second-order valence-corrected chi connectivity index (χ2v) is 5.74. The third-order valence-corrected chi connectivity index (χ3v) is 2.92. The van der Waals surface area contributed by atoms with Gasteiger partial charge < -0.3 is 16.8 Å². The van der Waals surface area contributed by atoms with Gasteiger partial charge >= 0.3 is 0 Å². The van der Waals surface area contributed by atoms with Crippen LogP contribution in [0.4, 0.5) is 0 Å². The maximum absolute atomic E-state index is 11.7. The second-order valence-electron chi connectivity index (χ2n) is 5.74. The Morgan fingerprint density at radius 3 is 2.06 bits per heavy atom. The highest BCUT2D eigenvalue weighted by atomic mass is 16.2. The van der Waals surface area contributed by atoms with E-state index < -0.39 is 11.4 Å². The van der Waals surface area contributed by atoms with Crippen LogP contribution in [0.3, 0.4) is 0 Å². The summed E-state index contributed by atoms with van der Waals surface area (Å²) in [6.45, 7) is 7.96. The van der Waals surface area contributed by atoms with Crippen molar-refractivity contribution in [2.75, 3.05) is 6.54 Å². The Balaban J connectivity index is 4.17. The number of primary amides is 1. The zero-order valence-electron chi connectivity index (χ0n) is 11.3. The molecule has 0 aliphatic rings. The molecular formula is C12H25N3O2. The monoisotopic (exact) mass is 243 g/mol. The lowest BCUT2D eigenvalue weighted by molar-refractivity contribution is -0.130. The third-order valence-electron chi connectivity index (χ3n) is 2.92. The standard InChI is InChI=1S/C12H25N3O2/c1-11(2,7-8-13)6-5-9(16)15-12(3,4)10(14)17/h5-8,13H2,1-4H3,(H2,14,17)(H,15,16). The summed E-state index contributed by atoms with van der Waals surface area (Å²) in [5, 5.41) is 2.63. The number of carbonyl (C=O) groups excluding carboxylic acids is 2. The Morgan fingerprint density at radius 2 is 1.65 bits per heavy atom. The van der Waals surface area contributed by atoms with Crippen molar-refractivity contribution in [2.24, 2.45) is 16.9 Å². The molecule has 5 N–H and O–H groups in total. The fraction of sp³-hybridized carbons (Fsp3) is 0.833. The van der Waals surface area contributed by atoms with Gasteiger partial charge in [-0.3, -0.25) is 9.59 Å². The lowest BCUT2D eigenvalue weighted by Gasteiger charge is -2.26. The zero-order valence-corrected chi connectivity index (χ0v) is 11.3. The molecular weight excluding hydrogens is 218 g/mol. The van der Waals surface area contributed by atoms with E-state index in [1.54, 1.807) is 13.8 Å². The maximum atomic E-state index is 11.7. The molecule has 0 radical (unpaired) electrons. The molecule has 0 heterocycles. The molecule has 2 amide bonds. The van der Waals surface area contributed by atoms with Crippen molar-refractivity contribution in [1.82, 2.24) is 5.32 Å². The number of nitrogens with two attached hydrogens (primary N) is 2. The van der Waals surface area contributed by atoms with Gasteiger partial charge in [-0.05, 0) is 38.6 Å². The minimum Gasteiger partial charge on any atom is -0.368 e. The Hall–Kier alpha value is -1.10. The number of carbonyl (C=O) groups is 2. The number of nitrogens with one attached hydrogen (secondary N) is 1. The van der Waals surface area contributed by atoms with Crippen molar-refractivity contribution >= 4 is 11.8 Å². The molecule has 0 rings (SSSR count). The van der Waals surface area contributed by atoms with E-state index in [1.807, 2.05) is 0 Å². The second kappa shape index (κ2) is 6.00. The van der Waals surface area contributed by atoms with Crippen LogP contribution >= 0.6 is 0 Å². The summed E-state index contributed by atoms with van der Waals surface area (Å²) in [6, 6.07) is 0. The van der Waals surface area contributed by atoms with Gasteiger partial charge in [0.2, 0.25) is 11.8 Å². The van der Waals surface area contributed by atoms with E-state index in [4.69, 9.17) is 11.5 Å². The topological polar surface area (TPSA) is 98.2 Å². The van der Waals surface area contributed by atoms with Crippen LogP contribution in [0.1, 0.15) is 47.0 Å². The number of hydrogen-bond donors (Lipinski definition) is 3. The van der Waals surface area contributed by atoms with Gasteiger partial charge in [0.25, 0.3) is 0 Å². The zero-order chi connectivity index (χ0) is 13.7. The molecule has 0 aliphatic heterocycles. The van der Waals surface area contributed by atoms with E-state index in [0.29, 0.717) is 13.0 Å². The molecule has 0 atom stereocenters. The van der Waals surface area contributed by atoms with Gasteiger partial charge in [-0.25, -0.2) is 0 Å². The minimum atomic E-state index is -0.991. The van der Waals surface area contributed by atoms with Crippen LogP contribution in [0.15, 0.2) is 0 Å². The summed E-state index contributed by atoms with van der Waals surface area (Å²) in [6.07, 6.45) is 1.99. The fourth-order valence-electron chi connectivity index (χ4n) is 1.44. The molecule has 100 valence electrons. The van der Waals surface area contributed by atoms with Crippen molar-refractivity contribution in [3.8, 4) is 0 Å². The van der Waals surface area contributed by atoms with E-state index in [-0.39, 0.29) is 11.3 Å². The average Bonchev–Trinajstić information content (AvgIpc) is 2.14. The first-order valence-electron chi connectivity index (χ1n) is 5.92. The molecule has 5 nitrogen and oxygen atoms in total. The third kappa shape index (κ3) is 6.26. The SMILES string of the molecule is CC(C)(CCN)CCC(=O)NC(C)(C)C(N)=O. The van der Waals surface area contributed by atoms with Crippen LogP contribution in [-0.4, -0.2) is 23.9 Å². The first kappa shape index (κ1) is 15.9. The predicted molar refractivity (Wildman–Crippen MR) is 68.1 cm³/mol. The van der Waals surface area contributed by atoms with Crippen molar-refractivity contribution in [3.63, 3.8) is 0 Å². The van der Waals surface area contributed by atoms with E-state index in [1.165, 1.54) is 0 Å². The highest BCUT2D eigenvalue weighted by Gasteiger charge is 2.27. The number of amides is 2. The highest BCUT2D eigenvalue weighted by molar-refractivity contribution is 5.89. The van der Waals surface area contributed by atoms with Crippen LogP contribution in [-0.2, 0) is 9.59 Å². The Morgan fingerprint density at radius 1 is 1.12 bits per heavy atom. The van der Waals surface area contributed by atoms with Crippen molar-refractivity contribution in [3.05, 3.63) is 0 Å². The summed E-state index contributed by atoms with van der Waals surface area (Å²) >= 11 is 0. The normalized spacial score (nSPS) is 12.3. The van der Waals surface area contributed by atoms with E-state index in [2.05, 4.69) is 19.2 Å². The molecule has 0 fully saturated rings. The van der Waals surface area contributed by atoms with Gasteiger partial charge in [-0.1, -0.05) is 13.8 Å². The predicted octanol–water partition coefficient (Wildman–Crippen LogP) is 0.522. The van der Waals surface area contributed by atoms with Crippen LogP contribution < -0.4 is 16.8 Å². The van der Waals surface area contributed by atoms with E-state index in [0.717, 1.165) is 12.8 Å². The van der Waals surface area contributed by atoms with E-state index >= 15 is 0 Å². The quantitative estimate of drug-likeness (QED) is 0.608. The fourth-order valence-corrected chi connectivity index (χ4v) is 1.44. The molecule has 17 heavy (non-hydrogen) atoms. The molecule has 0 aromatic carbocycles. The summed E-state index contributed by atoms with van der Waals surface area (Å²) in [7, 11) is 0. The molecule has 0 saturated carbocycles. The summed E-state index contributed by atoms with van der Waals surface area (Å²) in [5.74, 6) is -0.689. The van der Waals surface area contributed by atoms with Gasteiger partial charge in [0.1, 0.15) is 5.54 Å². The highest BCUT2D eigenvalue weighted by Crippen LogP contribution is 2.25. The van der Waals surface area contributed by atoms with Gasteiger partial charge in [-0.15, -0.1) is 0 Å². The summed E-state index contributed by atoms with van der Waals surface area (Å²) in [4.78, 5) is 22.7. The number of hydrogen-bond acceptors (Lipinski definition) is 3. The van der Waals surface area contributed by atoms with Crippen LogP contribution in [0.5, 0.6) is 0 Å². The number of rotatable bonds is 7. The Kier molecular flexibility index (Phi) is 5.61. The van der Waals surface area contributed by atoms with Crippen molar-refractivity contribution in [1.29, 1.82) is 0 Å². The first-order valence-corrected chi connectivity index (χ1v) is 5.92.